The Balaban J connectivity index is 2.33. The smallest absolute Gasteiger partial charge is 0.333 e. The Morgan fingerprint density at radius 1 is 0.806 bits per heavy atom. The molecule has 6 heteroatoms. The maximum absolute atomic E-state index is 11.5. The summed E-state index contributed by atoms with van der Waals surface area (Å²) in [6, 6.07) is 15.1. The van der Waals surface area contributed by atoms with Gasteiger partial charge in [0.2, 0.25) is 12.6 Å². The normalized spacial score (nSPS) is 13.3. The number of carbonyl (C=O) groups excluding carboxylic acids is 2. The molecule has 2 unspecified atom stereocenters. The fourth-order valence-corrected chi connectivity index (χ4v) is 3.19. The number of para-hydroxylation sites is 2. The molecule has 0 fully saturated rings. The minimum Gasteiger partial charge on any atom is -0.455 e. The highest BCUT2D eigenvalue weighted by atomic mass is 16.7. The second kappa shape index (κ2) is 11.6. The molecule has 0 radical (unpaired) electrons. The fourth-order valence-electron chi connectivity index (χ4n) is 3.19. The molecule has 0 N–H and O–H groups in total. The lowest BCUT2D eigenvalue weighted by atomic mass is 9.88. The van der Waals surface area contributed by atoms with Crippen LogP contribution in [-0.4, -0.2) is 24.5 Å². The molecular weight excluding hydrogens is 396 g/mol. The van der Waals surface area contributed by atoms with Gasteiger partial charge in [0.25, 0.3) is 0 Å². The van der Waals surface area contributed by atoms with Gasteiger partial charge in [-0.05, 0) is 18.6 Å². The third-order valence-electron chi connectivity index (χ3n) is 4.48. The van der Waals surface area contributed by atoms with Gasteiger partial charge < -0.3 is 18.9 Å². The third kappa shape index (κ3) is 6.74. The van der Waals surface area contributed by atoms with E-state index in [4.69, 9.17) is 18.9 Å². The molecule has 0 aliphatic carbocycles. The molecule has 0 saturated carbocycles. The van der Waals surface area contributed by atoms with Gasteiger partial charge in [0.15, 0.2) is 0 Å². The van der Waals surface area contributed by atoms with Gasteiger partial charge in [0.05, 0.1) is 0 Å². The number of hydrogen-bond donors (Lipinski definition) is 0. The van der Waals surface area contributed by atoms with E-state index in [1.54, 1.807) is 13.8 Å². The molecule has 164 valence electrons. The molecule has 2 rings (SSSR count). The van der Waals surface area contributed by atoms with Crippen molar-refractivity contribution in [3.05, 3.63) is 85.0 Å². The monoisotopic (exact) mass is 424 g/mol. The first-order valence-electron chi connectivity index (χ1n) is 10.1. The average Bonchev–Trinajstić information content (AvgIpc) is 2.76. The van der Waals surface area contributed by atoms with Gasteiger partial charge in [-0.15, -0.1) is 0 Å². The fraction of sp³-hybridized carbons (Fsp3) is 0.280. The minimum atomic E-state index is -0.783. The largest absolute Gasteiger partial charge is 0.455 e. The molecule has 2 aromatic carbocycles. The highest BCUT2D eigenvalue weighted by Crippen LogP contribution is 2.39. The van der Waals surface area contributed by atoms with Crippen LogP contribution in [0.25, 0.3) is 0 Å². The zero-order valence-corrected chi connectivity index (χ0v) is 18.1. The summed E-state index contributed by atoms with van der Waals surface area (Å²) in [4.78, 5) is 23.0. The van der Waals surface area contributed by atoms with Crippen LogP contribution >= 0.6 is 0 Å². The summed E-state index contributed by atoms with van der Waals surface area (Å²) in [7, 11) is 0. The molecule has 0 bridgehead atoms. The number of esters is 2. The van der Waals surface area contributed by atoms with Crippen LogP contribution in [0.3, 0.4) is 0 Å². The minimum absolute atomic E-state index is 0.0722. The second-order valence-corrected chi connectivity index (χ2v) is 6.69. The maximum atomic E-state index is 11.5. The standard InChI is InChI=1S/C25H28O6/c1-6-19(20-13-9-11-15-22(20)28-17(4)30-24(26)7-2)21-14-10-12-16-23(21)29-18(5)31-25(27)8-3/h7-19H,2-3,6H2,1,4-5H3. The van der Waals surface area contributed by atoms with Gasteiger partial charge in [-0.2, -0.15) is 0 Å². The third-order valence-corrected chi connectivity index (χ3v) is 4.48. The molecule has 6 nitrogen and oxygen atoms in total. The van der Waals surface area contributed by atoms with Crippen molar-refractivity contribution in [3.63, 3.8) is 0 Å². The predicted octanol–water partition coefficient (Wildman–Crippen LogP) is 5.14. The zero-order chi connectivity index (χ0) is 22.8. The molecule has 0 aliphatic rings. The molecule has 0 aromatic heterocycles. The highest BCUT2D eigenvalue weighted by molar-refractivity contribution is 5.81. The maximum Gasteiger partial charge on any atom is 0.333 e. The predicted molar refractivity (Wildman–Crippen MR) is 118 cm³/mol. The van der Waals surface area contributed by atoms with Crippen molar-refractivity contribution in [2.75, 3.05) is 0 Å². The Kier molecular flexibility index (Phi) is 8.88. The van der Waals surface area contributed by atoms with E-state index in [-0.39, 0.29) is 5.92 Å². The van der Waals surface area contributed by atoms with E-state index >= 15 is 0 Å². The van der Waals surface area contributed by atoms with Crippen LogP contribution in [0.4, 0.5) is 0 Å². The Hall–Kier alpha value is -3.54. The molecule has 0 saturated heterocycles. The van der Waals surface area contributed by atoms with Crippen LogP contribution in [0.1, 0.15) is 44.2 Å². The van der Waals surface area contributed by atoms with Crippen LogP contribution in [0.15, 0.2) is 73.8 Å². The van der Waals surface area contributed by atoms with E-state index in [1.165, 1.54) is 0 Å². The Morgan fingerprint density at radius 2 is 1.19 bits per heavy atom. The molecular formula is C25H28O6. The number of hydrogen-bond acceptors (Lipinski definition) is 6. The van der Waals surface area contributed by atoms with Crippen LogP contribution in [0.2, 0.25) is 0 Å². The Labute approximate surface area is 183 Å². The van der Waals surface area contributed by atoms with Crippen LogP contribution < -0.4 is 9.47 Å². The summed E-state index contributed by atoms with van der Waals surface area (Å²) >= 11 is 0. The number of rotatable bonds is 11. The zero-order valence-electron chi connectivity index (χ0n) is 18.1. The van der Waals surface area contributed by atoms with Gasteiger partial charge in [0, 0.05) is 43.0 Å². The molecule has 0 heterocycles. The van der Waals surface area contributed by atoms with E-state index in [1.807, 2.05) is 48.5 Å². The van der Waals surface area contributed by atoms with E-state index in [0.29, 0.717) is 11.5 Å². The lowest BCUT2D eigenvalue weighted by Gasteiger charge is -2.24. The molecule has 0 spiro atoms. The van der Waals surface area contributed by atoms with Gasteiger partial charge in [-0.3, -0.25) is 0 Å². The molecule has 0 aliphatic heterocycles. The van der Waals surface area contributed by atoms with Gasteiger partial charge in [-0.1, -0.05) is 56.5 Å². The summed E-state index contributed by atoms with van der Waals surface area (Å²) in [5.74, 6) is 0.00830. The van der Waals surface area contributed by atoms with E-state index in [9.17, 15) is 9.59 Å². The topological polar surface area (TPSA) is 71.1 Å². The van der Waals surface area contributed by atoms with Crippen LogP contribution in [0, 0.1) is 0 Å². The number of ether oxygens (including phenoxy) is 4. The van der Waals surface area contributed by atoms with Crippen LogP contribution in [0.5, 0.6) is 11.5 Å². The van der Waals surface area contributed by atoms with E-state index < -0.39 is 24.5 Å². The first-order chi connectivity index (χ1) is 14.9. The summed E-state index contributed by atoms with van der Waals surface area (Å²) in [6.45, 7) is 12.1. The van der Waals surface area contributed by atoms with E-state index in [0.717, 1.165) is 29.7 Å². The second-order valence-electron chi connectivity index (χ2n) is 6.69. The van der Waals surface area contributed by atoms with Crippen molar-refractivity contribution >= 4 is 11.9 Å². The summed E-state index contributed by atoms with van der Waals surface area (Å²) < 4.78 is 22.1. The first kappa shape index (κ1) is 23.7. The highest BCUT2D eigenvalue weighted by Gasteiger charge is 2.22. The molecule has 2 aromatic rings. The molecule has 0 amide bonds. The SMILES string of the molecule is C=CC(=O)OC(C)Oc1ccccc1C(CC)c1ccccc1OC(C)OC(=O)C=C. The lowest BCUT2D eigenvalue weighted by Crippen LogP contribution is -2.21. The lowest BCUT2D eigenvalue weighted by molar-refractivity contribution is -0.156. The summed E-state index contributed by atoms with van der Waals surface area (Å²) in [5, 5.41) is 0. The van der Waals surface area contributed by atoms with Crippen molar-refractivity contribution in [1.82, 2.24) is 0 Å². The first-order valence-corrected chi connectivity index (χ1v) is 10.1. The molecule has 2 atom stereocenters. The van der Waals surface area contributed by atoms with Crippen molar-refractivity contribution in [1.29, 1.82) is 0 Å². The summed E-state index contributed by atoms with van der Waals surface area (Å²) in [5.41, 5.74) is 1.83. The number of carbonyl (C=O) groups is 2. The Bertz CT molecular complexity index is 846. The Morgan fingerprint density at radius 3 is 1.55 bits per heavy atom. The van der Waals surface area contributed by atoms with Gasteiger partial charge in [0.1, 0.15) is 11.5 Å². The van der Waals surface area contributed by atoms with Crippen molar-refractivity contribution in [2.24, 2.45) is 0 Å². The molecule has 31 heavy (non-hydrogen) atoms. The van der Waals surface area contributed by atoms with Crippen molar-refractivity contribution < 1.29 is 28.5 Å². The van der Waals surface area contributed by atoms with Crippen molar-refractivity contribution in [2.45, 2.75) is 45.7 Å². The van der Waals surface area contributed by atoms with Crippen LogP contribution in [-0.2, 0) is 19.1 Å². The summed E-state index contributed by atoms with van der Waals surface area (Å²) in [6.07, 6.45) is 1.37. The van der Waals surface area contributed by atoms with E-state index in [2.05, 4.69) is 20.1 Å². The van der Waals surface area contributed by atoms with Gasteiger partial charge >= 0.3 is 11.9 Å². The van der Waals surface area contributed by atoms with Crippen molar-refractivity contribution in [3.8, 4) is 11.5 Å². The quantitative estimate of drug-likeness (QED) is 0.283. The van der Waals surface area contributed by atoms with Gasteiger partial charge in [-0.25, -0.2) is 9.59 Å². The average molecular weight is 424 g/mol. The number of benzene rings is 2.